The fourth-order valence-corrected chi connectivity index (χ4v) is 1.63. The first kappa shape index (κ1) is 12.2. The summed E-state index contributed by atoms with van der Waals surface area (Å²) in [6, 6.07) is 13.4. The minimum Gasteiger partial charge on any atom is -0.465 e. The van der Waals surface area contributed by atoms with Crippen molar-refractivity contribution in [2.45, 2.75) is 13.0 Å². The van der Waals surface area contributed by atoms with Gasteiger partial charge in [0.1, 0.15) is 5.76 Å². The summed E-state index contributed by atoms with van der Waals surface area (Å²) in [5.41, 5.74) is 1.08. The zero-order valence-corrected chi connectivity index (χ0v) is 10.2. The second kappa shape index (κ2) is 5.87. The molecule has 0 unspecified atom stereocenters. The number of furan rings is 1. The van der Waals surface area contributed by atoms with Gasteiger partial charge in [-0.3, -0.25) is 4.79 Å². The summed E-state index contributed by atoms with van der Waals surface area (Å²) in [6.07, 6.45) is 4.69. The number of rotatable bonds is 4. The van der Waals surface area contributed by atoms with Gasteiger partial charge >= 0.3 is 0 Å². The minimum atomic E-state index is -0.136. The Morgan fingerprint density at radius 1 is 1.22 bits per heavy atom. The number of carbonyl (C=O) groups excluding carboxylic acids is 1. The zero-order chi connectivity index (χ0) is 12.8. The Morgan fingerprint density at radius 2 is 2.00 bits per heavy atom. The number of nitrogens with one attached hydrogen (secondary N) is 1. The van der Waals surface area contributed by atoms with Gasteiger partial charge in [-0.25, -0.2) is 0 Å². The third-order valence-electron chi connectivity index (χ3n) is 2.60. The summed E-state index contributed by atoms with van der Waals surface area (Å²) < 4.78 is 5.11. The normalized spacial score (nSPS) is 12.5. The maximum atomic E-state index is 11.7. The molecule has 2 rings (SSSR count). The molecule has 0 saturated heterocycles. The average Bonchev–Trinajstić information content (AvgIpc) is 2.90. The van der Waals surface area contributed by atoms with E-state index in [1.54, 1.807) is 24.5 Å². The van der Waals surface area contributed by atoms with E-state index in [9.17, 15) is 4.79 Å². The Morgan fingerprint density at radius 3 is 2.67 bits per heavy atom. The number of benzene rings is 1. The average molecular weight is 241 g/mol. The SMILES string of the molecule is C[C@@H](NC(=O)C=Cc1ccco1)c1ccccc1. The van der Waals surface area contributed by atoms with Crippen LogP contribution in [0.25, 0.3) is 6.08 Å². The van der Waals surface area contributed by atoms with E-state index in [0.29, 0.717) is 5.76 Å². The molecule has 2 aromatic rings. The minimum absolute atomic E-state index is 0.0139. The molecule has 92 valence electrons. The van der Waals surface area contributed by atoms with Crippen LogP contribution < -0.4 is 5.32 Å². The highest BCUT2D eigenvalue weighted by Crippen LogP contribution is 2.11. The molecule has 3 heteroatoms. The standard InChI is InChI=1S/C15H15NO2/c1-12(13-6-3-2-4-7-13)16-15(17)10-9-14-8-5-11-18-14/h2-12H,1H3,(H,16,17)/t12-/m1/s1. The van der Waals surface area contributed by atoms with Gasteiger partial charge in [0, 0.05) is 6.08 Å². The van der Waals surface area contributed by atoms with E-state index >= 15 is 0 Å². The van der Waals surface area contributed by atoms with Gasteiger partial charge in [-0.15, -0.1) is 0 Å². The third kappa shape index (κ3) is 3.35. The third-order valence-corrected chi connectivity index (χ3v) is 2.60. The molecule has 1 aromatic heterocycles. The lowest BCUT2D eigenvalue weighted by Crippen LogP contribution is -2.24. The zero-order valence-electron chi connectivity index (χ0n) is 10.2. The van der Waals surface area contributed by atoms with E-state index in [1.165, 1.54) is 6.08 Å². The van der Waals surface area contributed by atoms with Crippen molar-refractivity contribution < 1.29 is 9.21 Å². The monoisotopic (exact) mass is 241 g/mol. The molecule has 18 heavy (non-hydrogen) atoms. The predicted octanol–water partition coefficient (Wildman–Crippen LogP) is 3.17. The molecule has 1 amide bonds. The molecule has 0 aliphatic rings. The van der Waals surface area contributed by atoms with Gasteiger partial charge in [0.15, 0.2) is 0 Å². The molecule has 0 spiro atoms. The summed E-state index contributed by atoms with van der Waals surface area (Å²) in [4.78, 5) is 11.7. The topological polar surface area (TPSA) is 42.2 Å². The highest BCUT2D eigenvalue weighted by atomic mass is 16.3. The van der Waals surface area contributed by atoms with Gasteiger partial charge in [0.2, 0.25) is 5.91 Å². The fourth-order valence-electron chi connectivity index (χ4n) is 1.63. The quantitative estimate of drug-likeness (QED) is 0.835. The van der Waals surface area contributed by atoms with E-state index in [0.717, 1.165) is 5.56 Å². The Bertz CT molecular complexity index is 515. The molecule has 0 saturated carbocycles. The first-order valence-corrected chi connectivity index (χ1v) is 5.83. The van der Waals surface area contributed by atoms with Crippen molar-refractivity contribution in [2.75, 3.05) is 0 Å². The van der Waals surface area contributed by atoms with Crippen LogP contribution >= 0.6 is 0 Å². The molecule has 1 atom stereocenters. The van der Waals surface area contributed by atoms with E-state index in [1.807, 2.05) is 37.3 Å². The largest absolute Gasteiger partial charge is 0.465 e. The van der Waals surface area contributed by atoms with Crippen LogP contribution in [0.1, 0.15) is 24.3 Å². The molecule has 0 radical (unpaired) electrons. The molecule has 0 aliphatic heterocycles. The molecule has 1 N–H and O–H groups in total. The summed E-state index contributed by atoms with van der Waals surface area (Å²) in [7, 11) is 0. The van der Waals surface area contributed by atoms with Crippen molar-refractivity contribution in [1.82, 2.24) is 5.32 Å². The number of hydrogen-bond acceptors (Lipinski definition) is 2. The van der Waals surface area contributed by atoms with Crippen molar-refractivity contribution in [1.29, 1.82) is 0 Å². The summed E-state index contributed by atoms with van der Waals surface area (Å²) >= 11 is 0. The lowest BCUT2D eigenvalue weighted by molar-refractivity contribution is -0.117. The van der Waals surface area contributed by atoms with Crippen LogP contribution in [0, 0.1) is 0 Å². The molecule has 3 nitrogen and oxygen atoms in total. The van der Waals surface area contributed by atoms with Crippen molar-refractivity contribution in [3.05, 3.63) is 66.1 Å². The molecule has 1 heterocycles. The lowest BCUT2D eigenvalue weighted by Gasteiger charge is -2.12. The van der Waals surface area contributed by atoms with Gasteiger partial charge < -0.3 is 9.73 Å². The Kier molecular flexibility index (Phi) is 3.97. The second-order valence-electron chi connectivity index (χ2n) is 3.99. The summed E-state index contributed by atoms with van der Waals surface area (Å²) in [6.45, 7) is 1.95. The molecule has 1 aromatic carbocycles. The van der Waals surface area contributed by atoms with Gasteiger partial charge in [-0.05, 0) is 30.7 Å². The van der Waals surface area contributed by atoms with E-state index in [4.69, 9.17) is 4.42 Å². The van der Waals surface area contributed by atoms with Crippen molar-refractivity contribution in [2.24, 2.45) is 0 Å². The number of carbonyl (C=O) groups is 1. The van der Waals surface area contributed by atoms with Crippen molar-refractivity contribution in [3.8, 4) is 0 Å². The van der Waals surface area contributed by atoms with Crippen LogP contribution in [0.15, 0.2) is 59.2 Å². The van der Waals surface area contributed by atoms with E-state index in [2.05, 4.69) is 5.32 Å². The highest BCUT2D eigenvalue weighted by Gasteiger charge is 2.06. The Labute approximate surface area is 106 Å². The second-order valence-corrected chi connectivity index (χ2v) is 3.99. The summed E-state index contributed by atoms with van der Waals surface area (Å²) in [5.74, 6) is 0.528. The molecular weight excluding hydrogens is 226 g/mol. The smallest absolute Gasteiger partial charge is 0.244 e. The van der Waals surface area contributed by atoms with Gasteiger partial charge in [-0.1, -0.05) is 30.3 Å². The van der Waals surface area contributed by atoms with E-state index in [-0.39, 0.29) is 11.9 Å². The fraction of sp³-hybridized carbons (Fsp3) is 0.133. The van der Waals surface area contributed by atoms with Gasteiger partial charge in [0.05, 0.1) is 12.3 Å². The van der Waals surface area contributed by atoms with Gasteiger partial charge in [0.25, 0.3) is 0 Å². The van der Waals surface area contributed by atoms with Crippen LogP contribution in [0.2, 0.25) is 0 Å². The predicted molar refractivity (Wildman–Crippen MR) is 70.7 cm³/mol. The maximum Gasteiger partial charge on any atom is 0.244 e. The van der Waals surface area contributed by atoms with Gasteiger partial charge in [-0.2, -0.15) is 0 Å². The van der Waals surface area contributed by atoms with Crippen molar-refractivity contribution >= 4 is 12.0 Å². The van der Waals surface area contributed by atoms with Crippen LogP contribution in [-0.2, 0) is 4.79 Å². The molecular formula is C15H15NO2. The first-order valence-electron chi connectivity index (χ1n) is 5.83. The Hall–Kier alpha value is -2.29. The highest BCUT2D eigenvalue weighted by molar-refractivity contribution is 5.91. The molecule has 0 fully saturated rings. The molecule has 0 aliphatic carbocycles. The maximum absolute atomic E-state index is 11.7. The van der Waals surface area contributed by atoms with Crippen LogP contribution in [0.3, 0.4) is 0 Å². The van der Waals surface area contributed by atoms with Crippen LogP contribution in [-0.4, -0.2) is 5.91 Å². The number of amides is 1. The molecule has 0 bridgehead atoms. The first-order chi connectivity index (χ1) is 8.75. The van der Waals surface area contributed by atoms with Crippen LogP contribution in [0.5, 0.6) is 0 Å². The number of hydrogen-bond donors (Lipinski definition) is 1. The Balaban J connectivity index is 1.92. The van der Waals surface area contributed by atoms with Crippen LogP contribution in [0.4, 0.5) is 0 Å². The van der Waals surface area contributed by atoms with Crippen molar-refractivity contribution in [3.63, 3.8) is 0 Å². The van der Waals surface area contributed by atoms with E-state index < -0.39 is 0 Å². The lowest BCUT2D eigenvalue weighted by atomic mass is 10.1. The summed E-state index contributed by atoms with van der Waals surface area (Å²) in [5, 5.41) is 2.89.